The van der Waals surface area contributed by atoms with E-state index < -0.39 is 12.2 Å². The standard InChI is InChI=1S/C22H27N3O4/c1-25(2)18-11-7-6-10-17(18)22(28)24-13-19-20(26)16(14-29-19)12-23-21(27)15-8-4-3-5-9-15/h3-11,16,19-20,26H,12-14H2,1-2H3,(H,23,27)(H,24,28)/t16-,19-,20+/m1/s1. The Balaban J connectivity index is 1.50. The summed E-state index contributed by atoms with van der Waals surface area (Å²) in [6.45, 7) is 0.832. The minimum absolute atomic E-state index is 0.185. The van der Waals surface area contributed by atoms with Crippen molar-refractivity contribution in [2.24, 2.45) is 5.92 Å². The Bertz CT molecular complexity index is 841. The number of amides is 2. The van der Waals surface area contributed by atoms with E-state index >= 15 is 0 Å². The molecule has 0 bridgehead atoms. The number of ether oxygens (including phenoxy) is 1. The average Bonchev–Trinajstić information content (AvgIpc) is 3.10. The van der Waals surface area contributed by atoms with Crippen molar-refractivity contribution in [1.29, 1.82) is 0 Å². The van der Waals surface area contributed by atoms with E-state index in [1.807, 2.05) is 43.3 Å². The van der Waals surface area contributed by atoms with Crippen LogP contribution in [0.3, 0.4) is 0 Å². The topological polar surface area (TPSA) is 90.9 Å². The summed E-state index contributed by atoms with van der Waals surface area (Å²) >= 11 is 0. The van der Waals surface area contributed by atoms with Gasteiger partial charge in [-0.25, -0.2) is 0 Å². The molecule has 7 nitrogen and oxygen atoms in total. The number of benzene rings is 2. The fourth-order valence-electron chi connectivity index (χ4n) is 3.37. The lowest BCUT2D eigenvalue weighted by molar-refractivity contribution is 0.0384. The quantitative estimate of drug-likeness (QED) is 0.655. The van der Waals surface area contributed by atoms with Crippen molar-refractivity contribution in [1.82, 2.24) is 10.6 Å². The molecule has 3 rings (SSSR count). The molecule has 0 spiro atoms. The smallest absolute Gasteiger partial charge is 0.253 e. The van der Waals surface area contributed by atoms with Crippen molar-refractivity contribution in [2.75, 3.05) is 38.7 Å². The van der Waals surface area contributed by atoms with Crippen LogP contribution >= 0.6 is 0 Å². The summed E-state index contributed by atoms with van der Waals surface area (Å²) in [7, 11) is 3.76. The van der Waals surface area contributed by atoms with Gasteiger partial charge in [-0.3, -0.25) is 9.59 Å². The van der Waals surface area contributed by atoms with Crippen molar-refractivity contribution < 1.29 is 19.4 Å². The van der Waals surface area contributed by atoms with Gasteiger partial charge < -0.3 is 25.4 Å². The molecule has 1 fully saturated rings. The van der Waals surface area contributed by atoms with E-state index in [0.717, 1.165) is 5.69 Å². The van der Waals surface area contributed by atoms with Crippen molar-refractivity contribution in [3.05, 3.63) is 65.7 Å². The molecule has 3 N–H and O–H groups in total. The highest BCUT2D eigenvalue weighted by molar-refractivity contribution is 5.99. The number of aliphatic hydroxyl groups is 1. The Morgan fingerprint density at radius 1 is 1.00 bits per heavy atom. The van der Waals surface area contributed by atoms with Gasteiger partial charge in [-0.2, -0.15) is 0 Å². The number of carbonyl (C=O) groups is 2. The van der Waals surface area contributed by atoms with Crippen LogP contribution in [-0.4, -0.2) is 62.9 Å². The molecule has 1 aliphatic rings. The normalized spacial score (nSPS) is 20.9. The van der Waals surface area contributed by atoms with E-state index in [4.69, 9.17) is 4.74 Å². The molecule has 3 atom stereocenters. The molecule has 154 valence electrons. The largest absolute Gasteiger partial charge is 0.390 e. The van der Waals surface area contributed by atoms with Gasteiger partial charge in [-0.1, -0.05) is 30.3 Å². The highest BCUT2D eigenvalue weighted by atomic mass is 16.5. The number of anilines is 1. The van der Waals surface area contributed by atoms with Crippen LogP contribution in [0.2, 0.25) is 0 Å². The SMILES string of the molecule is CN(C)c1ccccc1C(=O)NC[C@H]1OC[C@@H](CNC(=O)c2ccccc2)[C@@H]1O. The first-order chi connectivity index (χ1) is 14.0. The minimum Gasteiger partial charge on any atom is -0.390 e. The van der Waals surface area contributed by atoms with Gasteiger partial charge in [0, 0.05) is 44.4 Å². The number of hydrogen-bond acceptors (Lipinski definition) is 5. The average molecular weight is 397 g/mol. The zero-order chi connectivity index (χ0) is 20.8. The fraction of sp³-hybridized carbons (Fsp3) is 0.364. The van der Waals surface area contributed by atoms with Crippen LogP contribution in [-0.2, 0) is 4.74 Å². The summed E-state index contributed by atoms with van der Waals surface area (Å²) in [5, 5.41) is 16.2. The Kier molecular flexibility index (Phi) is 6.85. The van der Waals surface area contributed by atoms with Crippen LogP contribution in [0.15, 0.2) is 54.6 Å². The number of nitrogens with zero attached hydrogens (tertiary/aromatic N) is 1. The van der Waals surface area contributed by atoms with Gasteiger partial charge >= 0.3 is 0 Å². The molecule has 2 aromatic carbocycles. The zero-order valence-electron chi connectivity index (χ0n) is 16.7. The van der Waals surface area contributed by atoms with Gasteiger partial charge in [0.1, 0.15) is 6.10 Å². The van der Waals surface area contributed by atoms with E-state index in [2.05, 4.69) is 10.6 Å². The molecule has 0 saturated carbocycles. The van der Waals surface area contributed by atoms with Crippen LogP contribution in [0.25, 0.3) is 0 Å². The molecule has 7 heteroatoms. The van der Waals surface area contributed by atoms with Gasteiger partial charge in [-0.15, -0.1) is 0 Å². The third kappa shape index (κ3) is 5.13. The summed E-state index contributed by atoms with van der Waals surface area (Å²) < 4.78 is 5.65. The first-order valence-electron chi connectivity index (χ1n) is 9.65. The molecule has 0 radical (unpaired) electrons. The molecule has 0 aliphatic carbocycles. The van der Waals surface area contributed by atoms with Crippen molar-refractivity contribution >= 4 is 17.5 Å². The lowest BCUT2D eigenvalue weighted by Gasteiger charge is -2.20. The first-order valence-corrected chi connectivity index (χ1v) is 9.65. The Morgan fingerprint density at radius 2 is 1.66 bits per heavy atom. The predicted octanol–water partition coefficient (Wildman–Crippen LogP) is 1.29. The molecular weight excluding hydrogens is 370 g/mol. The number of para-hydroxylation sites is 1. The van der Waals surface area contributed by atoms with Crippen LogP contribution in [0.5, 0.6) is 0 Å². The second kappa shape index (κ2) is 9.54. The summed E-state index contributed by atoms with van der Waals surface area (Å²) in [5.74, 6) is -0.626. The second-order valence-electron chi connectivity index (χ2n) is 7.32. The van der Waals surface area contributed by atoms with E-state index in [-0.39, 0.29) is 24.3 Å². The van der Waals surface area contributed by atoms with Crippen molar-refractivity contribution in [2.45, 2.75) is 12.2 Å². The highest BCUT2D eigenvalue weighted by Crippen LogP contribution is 2.21. The first kappa shape index (κ1) is 20.8. The van der Waals surface area contributed by atoms with E-state index in [1.54, 1.807) is 30.3 Å². The van der Waals surface area contributed by atoms with Gasteiger partial charge in [0.15, 0.2) is 0 Å². The van der Waals surface area contributed by atoms with Gasteiger partial charge in [0.05, 0.1) is 18.3 Å². The Morgan fingerprint density at radius 3 is 2.38 bits per heavy atom. The van der Waals surface area contributed by atoms with Crippen LogP contribution < -0.4 is 15.5 Å². The lowest BCUT2D eigenvalue weighted by atomic mass is 10.0. The summed E-state index contributed by atoms with van der Waals surface area (Å²) in [5.41, 5.74) is 1.96. The molecule has 2 amide bonds. The molecule has 0 aromatic heterocycles. The molecule has 2 aromatic rings. The molecule has 1 heterocycles. The summed E-state index contributed by atoms with van der Waals surface area (Å²) in [6.07, 6.45) is -1.28. The molecular formula is C22H27N3O4. The number of carbonyl (C=O) groups excluding carboxylic acids is 2. The van der Waals surface area contributed by atoms with Crippen molar-refractivity contribution in [3.8, 4) is 0 Å². The van der Waals surface area contributed by atoms with Gasteiger partial charge in [0.2, 0.25) is 0 Å². The maximum Gasteiger partial charge on any atom is 0.253 e. The Hall–Kier alpha value is -2.90. The zero-order valence-corrected chi connectivity index (χ0v) is 16.7. The van der Waals surface area contributed by atoms with Crippen molar-refractivity contribution in [3.63, 3.8) is 0 Å². The monoisotopic (exact) mass is 397 g/mol. The fourth-order valence-corrected chi connectivity index (χ4v) is 3.37. The molecule has 0 unspecified atom stereocenters. The van der Waals surface area contributed by atoms with Crippen LogP contribution in [0.4, 0.5) is 5.69 Å². The van der Waals surface area contributed by atoms with Gasteiger partial charge in [-0.05, 0) is 24.3 Å². The number of hydrogen-bond donors (Lipinski definition) is 3. The molecule has 29 heavy (non-hydrogen) atoms. The number of rotatable bonds is 7. The number of nitrogens with one attached hydrogen (secondary N) is 2. The molecule has 1 saturated heterocycles. The van der Waals surface area contributed by atoms with Crippen LogP contribution in [0, 0.1) is 5.92 Å². The summed E-state index contributed by atoms with van der Waals surface area (Å²) in [4.78, 5) is 26.6. The minimum atomic E-state index is -0.768. The Labute approximate surface area is 170 Å². The van der Waals surface area contributed by atoms with E-state index in [0.29, 0.717) is 24.3 Å². The van der Waals surface area contributed by atoms with E-state index in [1.165, 1.54) is 0 Å². The van der Waals surface area contributed by atoms with Gasteiger partial charge in [0.25, 0.3) is 11.8 Å². The third-order valence-corrected chi connectivity index (χ3v) is 5.04. The predicted molar refractivity (Wildman–Crippen MR) is 111 cm³/mol. The third-order valence-electron chi connectivity index (χ3n) is 5.04. The van der Waals surface area contributed by atoms with E-state index in [9.17, 15) is 14.7 Å². The van der Waals surface area contributed by atoms with Crippen LogP contribution in [0.1, 0.15) is 20.7 Å². The lowest BCUT2D eigenvalue weighted by Crippen LogP contribution is -2.41. The molecule has 1 aliphatic heterocycles. The maximum atomic E-state index is 12.6. The highest BCUT2D eigenvalue weighted by Gasteiger charge is 2.36. The second-order valence-corrected chi connectivity index (χ2v) is 7.32. The number of aliphatic hydroxyl groups excluding tert-OH is 1. The maximum absolute atomic E-state index is 12.6. The summed E-state index contributed by atoms with van der Waals surface area (Å²) in [6, 6.07) is 16.3.